The van der Waals surface area contributed by atoms with Gasteiger partial charge >= 0.3 is 0 Å². The summed E-state index contributed by atoms with van der Waals surface area (Å²) in [7, 11) is 0. The van der Waals surface area contributed by atoms with Crippen LogP contribution in [0, 0.1) is 29.0 Å². The van der Waals surface area contributed by atoms with Crippen LogP contribution in [0.1, 0.15) is 84.1 Å². The Labute approximate surface area is 232 Å². The smallest absolute Gasteiger partial charge is 0.230 e. The van der Waals surface area contributed by atoms with E-state index in [0.717, 1.165) is 62.6 Å². The zero-order valence-corrected chi connectivity index (χ0v) is 23.7. The number of halogens is 1. The van der Waals surface area contributed by atoms with Gasteiger partial charge in [0, 0.05) is 36.1 Å². The van der Waals surface area contributed by atoms with Gasteiger partial charge in [-0.15, -0.1) is 0 Å². The van der Waals surface area contributed by atoms with Crippen LogP contribution in [0.25, 0.3) is 0 Å². The molecule has 212 valence electrons. The zero-order chi connectivity index (χ0) is 28.0. The standard InChI is InChI=1S/C32H45FN4O2/c1-22(2)17-23-18-24(20-31(3,19-23)29(38)37-27-11-15-35-16-12-27)28(34)21-36-30(39)32(13-5-4-6-14-32)25-7-9-26(33)10-8-25/h7-12,15-16,22-24,28H,4-6,13-14,17-21,34H2,1-3H3,(H,36,39)(H,35,37,38). The van der Waals surface area contributed by atoms with Crippen molar-refractivity contribution in [2.24, 2.45) is 28.9 Å². The maximum Gasteiger partial charge on any atom is 0.230 e. The summed E-state index contributed by atoms with van der Waals surface area (Å²) in [6.07, 6.45) is 11.4. The lowest BCUT2D eigenvalue weighted by Gasteiger charge is -2.44. The van der Waals surface area contributed by atoms with Gasteiger partial charge in [0.05, 0.1) is 5.41 Å². The van der Waals surface area contributed by atoms with Gasteiger partial charge in [0.25, 0.3) is 0 Å². The van der Waals surface area contributed by atoms with E-state index < -0.39 is 10.8 Å². The van der Waals surface area contributed by atoms with E-state index in [-0.39, 0.29) is 29.6 Å². The van der Waals surface area contributed by atoms with Gasteiger partial charge in [0.2, 0.25) is 11.8 Å². The fourth-order valence-corrected chi connectivity index (χ4v) is 7.09. The van der Waals surface area contributed by atoms with Crippen molar-refractivity contribution in [1.29, 1.82) is 0 Å². The average molecular weight is 537 g/mol. The Kier molecular flexibility index (Phi) is 9.42. The van der Waals surface area contributed by atoms with Gasteiger partial charge in [0.15, 0.2) is 0 Å². The number of amides is 2. The molecular formula is C32H45FN4O2. The van der Waals surface area contributed by atoms with E-state index in [1.54, 1.807) is 36.7 Å². The predicted molar refractivity (Wildman–Crippen MR) is 153 cm³/mol. The summed E-state index contributed by atoms with van der Waals surface area (Å²) in [6, 6.07) is 9.74. The number of carbonyl (C=O) groups excluding carboxylic acids is 2. The Morgan fingerprint density at radius 1 is 1.03 bits per heavy atom. The van der Waals surface area contributed by atoms with Gasteiger partial charge < -0.3 is 16.4 Å². The molecule has 0 radical (unpaired) electrons. The normalized spacial score (nSPS) is 25.6. The summed E-state index contributed by atoms with van der Waals surface area (Å²) in [5.41, 5.74) is 7.22. The first kappa shape index (κ1) is 29.2. The van der Waals surface area contributed by atoms with Crippen molar-refractivity contribution in [2.45, 2.75) is 90.0 Å². The Hall–Kier alpha value is -2.80. The van der Waals surface area contributed by atoms with Gasteiger partial charge in [-0.2, -0.15) is 0 Å². The molecule has 4 rings (SSSR count). The highest BCUT2D eigenvalue weighted by molar-refractivity contribution is 5.95. The third-order valence-corrected chi connectivity index (χ3v) is 9.02. The lowest BCUT2D eigenvalue weighted by atomic mass is 9.62. The molecule has 0 saturated heterocycles. The maximum absolute atomic E-state index is 13.7. The Morgan fingerprint density at radius 2 is 1.69 bits per heavy atom. The minimum Gasteiger partial charge on any atom is -0.354 e. The number of anilines is 1. The molecule has 2 aromatic rings. The highest BCUT2D eigenvalue weighted by Gasteiger charge is 2.45. The van der Waals surface area contributed by atoms with Gasteiger partial charge in [-0.25, -0.2) is 4.39 Å². The molecule has 2 fully saturated rings. The molecule has 2 amide bonds. The molecular weight excluding hydrogens is 491 g/mol. The minimum atomic E-state index is -0.642. The molecule has 1 aromatic carbocycles. The molecule has 4 atom stereocenters. The largest absolute Gasteiger partial charge is 0.354 e. The van der Waals surface area contributed by atoms with E-state index in [2.05, 4.69) is 36.4 Å². The van der Waals surface area contributed by atoms with Crippen LogP contribution in [0.15, 0.2) is 48.8 Å². The molecule has 0 aliphatic heterocycles. The number of hydrogen-bond acceptors (Lipinski definition) is 4. The van der Waals surface area contributed by atoms with Crippen molar-refractivity contribution in [3.8, 4) is 0 Å². The fraction of sp³-hybridized carbons (Fsp3) is 0.594. The van der Waals surface area contributed by atoms with E-state index in [4.69, 9.17) is 5.73 Å². The first-order valence-corrected chi connectivity index (χ1v) is 14.6. The van der Waals surface area contributed by atoms with E-state index in [1.807, 2.05) is 0 Å². The highest BCUT2D eigenvalue weighted by Crippen LogP contribution is 2.46. The molecule has 2 aliphatic rings. The predicted octanol–water partition coefficient (Wildman–Crippen LogP) is 5.97. The number of nitrogens with one attached hydrogen (secondary N) is 2. The molecule has 7 heteroatoms. The molecule has 2 aliphatic carbocycles. The lowest BCUT2D eigenvalue weighted by Crippen LogP contribution is -2.52. The minimum absolute atomic E-state index is 0.0147. The number of nitrogens with two attached hydrogens (primary N) is 1. The lowest BCUT2D eigenvalue weighted by molar-refractivity contribution is -0.130. The summed E-state index contributed by atoms with van der Waals surface area (Å²) in [5, 5.41) is 6.28. The monoisotopic (exact) mass is 536 g/mol. The van der Waals surface area contributed by atoms with Gasteiger partial charge in [-0.3, -0.25) is 14.6 Å². The Morgan fingerprint density at radius 3 is 2.33 bits per heavy atom. The molecule has 6 nitrogen and oxygen atoms in total. The van der Waals surface area contributed by atoms with Crippen LogP contribution < -0.4 is 16.4 Å². The van der Waals surface area contributed by atoms with Crippen molar-refractivity contribution < 1.29 is 14.0 Å². The van der Waals surface area contributed by atoms with Crippen molar-refractivity contribution in [3.05, 3.63) is 60.2 Å². The quantitative estimate of drug-likeness (QED) is 0.368. The summed E-state index contributed by atoms with van der Waals surface area (Å²) in [4.78, 5) is 31.3. The molecule has 1 heterocycles. The summed E-state index contributed by atoms with van der Waals surface area (Å²) in [6.45, 7) is 6.86. The van der Waals surface area contributed by atoms with Crippen LogP contribution in [0.2, 0.25) is 0 Å². The molecule has 2 saturated carbocycles. The van der Waals surface area contributed by atoms with Gasteiger partial charge in [0.1, 0.15) is 5.82 Å². The number of carbonyl (C=O) groups is 2. The molecule has 4 N–H and O–H groups in total. The highest BCUT2D eigenvalue weighted by atomic mass is 19.1. The van der Waals surface area contributed by atoms with Crippen molar-refractivity contribution in [2.75, 3.05) is 11.9 Å². The molecule has 39 heavy (non-hydrogen) atoms. The number of pyridine rings is 1. The van der Waals surface area contributed by atoms with Crippen molar-refractivity contribution in [3.63, 3.8) is 0 Å². The number of benzene rings is 1. The first-order chi connectivity index (χ1) is 18.6. The van der Waals surface area contributed by atoms with Crippen LogP contribution in [0.4, 0.5) is 10.1 Å². The van der Waals surface area contributed by atoms with Crippen LogP contribution in [-0.4, -0.2) is 29.4 Å². The second kappa shape index (κ2) is 12.6. The third kappa shape index (κ3) is 7.05. The third-order valence-electron chi connectivity index (χ3n) is 9.02. The first-order valence-electron chi connectivity index (χ1n) is 14.6. The molecule has 0 spiro atoms. The number of nitrogens with zero attached hydrogens (tertiary/aromatic N) is 1. The second-order valence-corrected chi connectivity index (χ2v) is 12.7. The SMILES string of the molecule is CC(C)CC1CC(C(N)CNC(=O)C2(c3ccc(F)cc3)CCCCC2)CC(C)(C(=O)Nc2ccncc2)C1. The molecule has 0 bridgehead atoms. The van der Waals surface area contributed by atoms with Crippen molar-refractivity contribution in [1.82, 2.24) is 10.3 Å². The van der Waals surface area contributed by atoms with Crippen molar-refractivity contribution >= 4 is 17.5 Å². The van der Waals surface area contributed by atoms with Gasteiger partial charge in [-0.05, 0) is 86.1 Å². The summed E-state index contributed by atoms with van der Waals surface area (Å²) >= 11 is 0. The van der Waals surface area contributed by atoms with E-state index in [0.29, 0.717) is 24.8 Å². The van der Waals surface area contributed by atoms with Crippen LogP contribution >= 0.6 is 0 Å². The van der Waals surface area contributed by atoms with Crippen LogP contribution in [0.5, 0.6) is 0 Å². The zero-order valence-electron chi connectivity index (χ0n) is 23.7. The van der Waals surface area contributed by atoms with Crippen LogP contribution in [-0.2, 0) is 15.0 Å². The summed E-state index contributed by atoms with van der Waals surface area (Å²) in [5.74, 6) is 0.736. The van der Waals surface area contributed by atoms with E-state index in [9.17, 15) is 14.0 Å². The fourth-order valence-electron chi connectivity index (χ4n) is 7.09. The number of aromatic nitrogens is 1. The van der Waals surface area contributed by atoms with E-state index in [1.165, 1.54) is 12.1 Å². The Bertz CT molecular complexity index is 1100. The average Bonchev–Trinajstić information content (AvgIpc) is 2.92. The van der Waals surface area contributed by atoms with Gasteiger partial charge in [-0.1, -0.05) is 52.2 Å². The number of hydrogen-bond donors (Lipinski definition) is 3. The second-order valence-electron chi connectivity index (χ2n) is 12.7. The molecule has 4 unspecified atom stereocenters. The number of rotatable bonds is 9. The Balaban J connectivity index is 1.46. The topological polar surface area (TPSA) is 97.1 Å². The molecule has 1 aromatic heterocycles. The van der Waals surface area contributed by atoms with E-state index >= 15 is 0 Å². The maximum atomic E-state index is 13.7. The summed E-state index contributed by atoms with van der Waals surface area (Å²) < 4.78 is 13.6. The van der Waals surface area contributed by atoms with Crippen LogP contribution in [0.3, 0.4) is 0 Å².